The predicted octanol–water partition coefficient (Wildman–Crippen LogP) is 6.65. The van der Waals surface area contributed by atoms with E-state index in [1.807, 2.05) is 55.5 Å². The molecule has 6 nitrogen and oxygen atoms in total. The van der Waals surface area contributed by atoms with Gasteiger partial charge in [-0.3, -0.25) is 9.59 Å². The second-order valence-electron chi connectivity index (χ2n) is 9.31. The van der Waals surface area contributed by atoms with E-state index in [4.69, 9.17) is 9.47 Å². The number of allylic oxidation sites excluding steroid dienone is 2. The number of halogens is 1. The van der Waals surface area contributed by atoms with Crippen molar-refractivity contribution in [3.8, 4) is 11.5 Å². The molecule has 0 aliphatic heterocycles. The van der Waals surface area contributed by atoms with Crippen LogP contribution in [0.1, 0.15) is 35.6 Å². The zero-order chi connectivity index (χ0) is 28.1. The molecule has 0 unspecified atom stereocenters. The maximum absolute atomic E-state index is 14.3. The minimum atomic E-state index is -0.361. The van der Waals surface area contributed by atoms with Gasteiger partial charge in [-0.1, -0.05) is 36.4 Å². The van der Waals surface area contributed by atoms with Gasteiger partial charge < -0.3 is 19.7 Å². The number of nitrogens with one attached hydrogen (secondary N) is 1. The summed E-state index contributed by atoms with van der Waals surface area (Å²) in [4.78, 5) is 27.3. The third kappa shape index (κ3) is 6.34. The number of fused-ring (bicyclic) bond motifs is 1. The Kier molecular flexibility index (Phi) is 8.76. The van der Waals surface area contributed by atoms with Gasteiger partial charge in [-0.05, 0) is 88.0 Å². The molecule has 0 heterocycles. The zero-order valence-electron chi connectivity index (χ0n) is 22.6. The van der Waals surface area contributed by atoms with Crippen LogP contribution in [0, 0.1) is 5.82 Å². The highest BCUT2D eigenvalue weighted by Gasteiger charge is 2.26. The number of benzene rings is 3. The molecule has 0 atom stereocenters. The molecular weight excluding hydrogens is 515 g/mol. The molecule has 1 aliphatic rings. The second kappa shape index (κ2) is 12.2. The number of carbonyl (C=O) groups is 2. The van der Waals surface area contributed by atoms with Gasteiger partial charge in [0.1, 0.15) is 22.2 Å². The summed E-state index contributed by atoms with van der Waals surface area (Å²) < 4.78 is 25.5. The van der Waals surface area contributed by atoms with Gasteiger partial charge in [-0.25, -0.2) is 4.39 Å². The Morgan fingerprint density at radius 3 is 2.26 bits per heavy atom. The summed E-state index contributed by atoms with van der Waals surface area (Å²) in [5, 5.41) is 2.81. The first-order valence-electron chi connectivity index (χ1n) is 12.4. The number of ether oxygens (including phenoxy) is 2. The minimum absolute atomic E-state index is 0.126. The van der Waals surface area contributed by atoms with Crippen LogP contribution in [0.5, 0.6) is 11.5 Å². The summed E-state index contributed by atoms with van der Waals surface area (Å²) in [5.41, 5.74) is 5.89. The summed E-state index contributed by atoms with van der Waals surface area (Å²) in [6, 6.07) is 18.0. The highest BCUT2D eigenvalue weighted by molar-refractivity contribution is 8.13. The molecule has 39 heavy (non-hydrogen) atoms. The Balaban J connectivity index is 1.69. The van der Waals surface area contributed by atoms with Crippen LogP contribution in [-0.2, 0) is 11.3 Å². The smallest absolute Gasteiger partial charge is 0.286 e. The van der Waals surface area contributed by atoms with E-state index in [0.717, 1.165) is 45.2 Å². The van der Waals surface area contributed by atoms with Crippen molar-refractivity contribution in [2.24, 2.45) is 0 Å². The summed E-state index contributed by atoms with van der Waals surface area (Å²) in [6.45, 7) is 2.36. The third-order valence-electron chi connectivity index (χ3n) is 6.47. The van der Waals surface area contributed by atoms with Crippen molar-refractivity contribution in [1.29, 1.82) is 0 Å². The molecule has 202 valence electrons. The number of amides is 2. The quantitative estimate of drug-likeness (QED) is 0.321. The fourth-order valence-corrected chi connectivity index (χ4v) is 5.27. The van der Waals surface area contributed by atoms with Crippen LogP contribution < -0.4 is 14.8 Å². The molecular formula is C31H31FN2O4S. The van der Waals surface area contributed by atoms with Crippen molar-refractivity contribution in [2.45, 2.75) is 24.8 Å². The van der Waals surface area contributed by atoms with Gasteiger partial charge in [0.2, 0.25) is 5.91 Å². The first kappa shape index (κ1) is 28.0. The van der Waals surface area contributed by atoms with E-state index in [9.17, 15) is 14.0 Å². The Morgan fingerprint density at radius 2 is 1.64 bits per heavy atom. The Morgan fingerprint density at radius 1 is 0.974 bits per heavy atom. The number of hydrogen-bond donors (Lipinski definition) is 1. The summed E-state index contributed by atoms with van der Waals surface area (Å²) >= 11 is 1.03. The van der Waals surface area contributed by atoms with E-state index >= 15 is 0 Å². The zero-order valence-corrected chi connectivity index (χ0v) is 23.4. The fraction of sp³-hybridized carbons (Fsp3) is 0.226. The van der Waals surface area contributed by atoms with E-state index < -0.39 is 0 Å². The number of nitrogens with zero attached hydrogens (tertiary/aromatic N) is 1. The van der Waals surface area contributed by atoms with Gasteiger partial charge in [0.15, 0.2) is 0 Å². The molecule has 0 fully saturated rings. The second-order valence-corrected chi connectivity index (χ2v) is 10.3. The molecule has 3 aromatic carbocycles. The monoisotopic (exact) mass is 546 g/mol. The molecule has 0 radical (unpaired) electrons. The van der Waals surface area contributed by atoms with Crippen LogP contribution in [0.15, 0.2) is 71.1 Å². The molecule has 8 heteroatoms. The van der Waals surface area contributed by atoms with Crippen molar-refractivity contribution in [2.75, 3.05) is 28.3 Å². The first-order valence-corrected chi connectivity index (χ1v) is 13.2. The van der Waals surface area contributed by atoms with Crippen molar-refractivity contribution < 1.29 is 23.5 Å². The molecule has 0 spiro atoms. The lowest BCUT2D eigenvalue weighted by Gasteiger charge is -2.16. The maximum Gasteiger partial charge on any atom is 0.286 e. The van der Waals surface area contributed by atoms with E-state index in [0.29, 0.717) is 28.5 Å². The van der Waals surface area contributed by atoms with Crippen LogP contribution >= 0.6 is 11.8 Å². The van der Waals surface area contributed by atoms with Gasteiger partial charge >= 0.3 is 0 Å². The number of rotatable bonds is 8. The minimum Gasteiger partial charge on any atom is -0.495 e. The van der Waals surface area contributed by atoms with Gasteiger partial charge in [0.05, 0.1) is 20.6 Å². The first-order chi connectivity index (χ1) is 18.7. The Labute approximate surface area is 232 Å². The van der Waals surface area contributed by atoms with Crippen LogP contribution in [0.3, 0.4) is 0 Å². The number of hydrogen-bond acceptors (Lipinski definition) is 5. The topological polar surface area (TPSA) is 67.9 Å². The highest BCUT2D eigenvalue weighted by Crippen LogP contribution is 2.45. The SMILES string of the molecule is COc1cc(/C=C2/C(C)=C(CC(=O)NCc3ccccc3)c3cc(F)ccc32)cc(OC)c1SC(=O)N(C)C. The van der Waals surface area contributed by atoms with E-state index in [1.165, 1.54) is 17.0 Å². The molecule has 3 aromatic rings. The van der Waals surface area contributed by atoms with Gasteiger partial charge in [-0.2, -0.15) is 0 Å². The largest absolute Gasteiger partial charge is 0.495 e. The average molecular weight is 547 g/mol. The van der Waals surface area contributed by atoms with Gasteiger partial charge in [0.25, 0.3) is 5.24 Å². The highest BCUT2D eigenvalue weighted by atomic mass is 32.2. The molecule has 1 aliphatic carbocycles. The Bertz CT molecular complexity index is 1440. The molecule has 0 saturated heterocycles. The number of thioether (sulfide) groups is 1. The standard InChI is InChI=1S/C31H31FN2O4S/c1-19-24(13-21-14-27(37-4)30(28(15-21)38-5)39-31(36)34(2)3)23-12-11-22(32)16-26(23)25(19)17-29(35)33-18-20-9-7-6-8-10-20/h6-16H,17-18H2,1-5H3,(H,33,35)/b24-13-. The van der Waals surface area contributed by atoms with Crippen LogP contribution in [-0.4, -0.2) is 44.4 Å². The molecule has 1 N–H and O–H groups in total. The van der Waals surface area contributed by atoms with E-state index in [-0.39, 0.29) is 23.4 Å². The maximum atomic E-state index is 14.3. The summed E-state index contributed by atoms with van der Waals surface area (Å²) in [6.07, 6.45) is 2.09. The van der Waals surface area contributed by atoms with Crippen molar-refractivity contribution >= 4 is 40.1 Å². The van der Waals surface area contributed by atoms with Crippen LogP contribution in [0.2, 0.25) is 0 Å². The number of carbonyl (C=O) groups excluding carboxylic acids is 2. The number of methoxy groups -OCH3 is 2. The van der Waals surface area contributed by atoms with Gasteiger partial charge in [-0.15, -0.1) is 0 Å². The molecule has 0 aromatic heterocycles. The average Bonchev–Trinajstić information content (AvgIpc) is 3.17. The molecule has 4 rings (SSSR count). The van der Waals surface area contributed by atoms with E-state index in [2.05, 4.69) is 5.32 Å². The van der Waals surface area contributed by atoms with Crippen molar-refractivity contribution in [3.63, 3.8) is 0 Å². The van der Waals surface area contributed by atoms with Crippen molar-refractivity contribution in [3.05, 3.63) is 94.3 Å². The molecule has 0 bridgehead atoms. The Hall–Kier alpha value is -4.04. The summed E-state index contributed by atoms with van der Waals surface area (Å²) in [7, 11) is 6.45. The normalized spacial score (nSPS) is 13.3. The van der Waals surface area contributed by atoms with Crippen LogP contribution in [0.4, 0.5) is 9.18 Å². The lowest BCUT2D eigenvalue weighted by molar-refractivity contribution is -0.120. The lowest BCUT2D eigenvalue weighted by Crippen LogP contribution is -2.22. The van der Waals surface area contributed by atoms with Crippen molar-refractivity contribution in [1.82, 2.24) is 10.2 Å². The van der Waals surface area contributed by atoms with Crippen LogP contribution in [0.25, 0.3) is 17.2 Å². The molecule has 2 amide bonds. The fourth-order valence-electron chi connectivity index (χ4n) is 4.43. The lowest BCUT2D eigenvalue weighted by atomic mass is 10.0. The third-order valence-corrected chi connectivity index (χ3v) is 7.62. The summed E-state index contributed by atoms with van der Waals surface area (Å²) in [5.74, 6) is 0.502. The van der Waals surface area contributed by atoms with Gasteiger partial charge in [0, 0.05) is 20.6 Å². The predicted molar refractivity (Wildman–Crippen MR) is 154 cm³/mol. The molecule has 0 saturated carbocycles. The van der Waals surface area contributed by atoms with E-state index in [1.54, 1.807) is 34.4 Å².